The molecule has 144 valence electrons. The third kappa shape index (κ3) is 4.86. The molecule has 0 fully saturated rings. The minimum atomic E-state index is 0.269. The number of aliphatic imine (C=N–C) groups is 1. The minimum absolute atomic E-state index is 0.269. The molecule has 2 rings (SSSR count). The van der Waals surface area contributed by atoms with Gasteiger partial charge in [0.1, 0.15) is 5.76 Å². The van der Waals surface area contributed by atoms with Gasteiger partial charge in [0.15, 0.2) is 5.96 Å². The minimum Gasteiger partial charge on any atom is -0.361 e. The van der Waals surface area contributed by atoms with E-state index in [4.69, 9.17) is 4.52 Å². The van der Waals surface area contributed by atoms with Gasteiger partial charge in [0.2, 0.25) is 0 Å². The van der Waals surface area contributed by atoms with Crippen molar-refractivity contribution in [3.63, 3.8) is 0 Å². The highest BCUT2D eigenvalue weighted by Crippen LogP contribution is 2.15. The molecule has 0 aliphatic heterocycles. The second-order valence-electron chi connectivity index (χ2n) is 6.93. The second-order valence-corrected chi connectivity index (χ2v) is 6.93. The Kier molecular flexibility index (Phi) is 6.83. The normalized spacial score (nSPS) is 13.1. The Morgan fingerprint density at radius 2 is 1.92 bits per heavy atom. The molecule has 0 aliphatic carbocycles. The van der Waals surface area contributed by atoms with E-state index in [0.29, 0.717) is 0 Å². The highest BCUT2D eigenvalue weighted by Gasteiger charge is 2.14. The van der Waals surface area contributed by atoms with Crippen LogP contribution < -0.4 is 10.6 Å². The molecule has 0 aliphatic rings. The number of guanidine groups is 1. The molecule has 1 unspecified atom stereocenters. The van der Waals surface area contributed by atoms with E-state index < -0.39 is 0 Å². The van der Waals surface area contributed by atoms with Crippen LogP contribution in [0.4, 0.5) is 0 Å². The molecule has 7 heteroatoms. The van der Waals surface area contributed by atoms with Crippen LogP contribution in [0.2, 0.25) is 0 Å². The monoisotopic (exact) mass is 360 g/mol. The van der Waals surface area contributed by atoms with Gasteiger partial charge in [0.25, 0.3) is 0 Å². The lowest BCUT2D eigenvalue weighted by Crippen LogP contribution is -2.43. The van der Waals surface area contributed by atoms with Gasteiger partial charge in [-0.1, -0.05) is 5.16 Å². The number of rotatable bonds is 7. The van der Waals surface area contributed by atoms with Crippen molar-refractivity contribution in [2.24, 2.45) is 12.0 Å². The molecule has 0 aromatic carbocycles. The summed E-state index contributed by atoms with van der Waals surface area (Å²) in [7, 11) is 3.79. The number of hydrogen-bond acceptors (Lipinski definition) is 4. The van der Waals surface area contributed by atoms with E-state index in [1.165, 1.54) is 16.8 Å². The van der Waals surface area contributed by atoms with Gasteiger partial charge in [0.05, 0.1) is 11.4 Å². The highest BCUT2D eigenvalue weighted by atomic mass is 16.5. The number of nitrogens with one attached hydrogen (secondary N) is 2. The van der Waals surface area contributed by atoms with E-state index >= 15 is 0 Å². The summed E-state index contributed by atoms with van der Waals surface area (Å²) in [5.41, 5.74) is 5.83. The van der Waals surface area contributed by atoms with Crippen LogP contribution in [-0.4, -0.2) is 40.5 Å². The van der Waals surface area contributed by atoms with Crippen LogP contribution in [0.5, 0.6) is 0 Å². The Bertz CT molecular complexity index is 739. The molecule has 7 nitrogen and oxygen atoms in total. The van der Waals surface area contributed by atoms with Crippen molar-refractivity contribution in [3.8, 4) is 0 Å². The lowest BCUT2D eigenvalue weighted by atomic mass is 10.1. The van der Waals surface area contributed by atoms with Crippen molar-refractivity contribution >= 4 is 5.96 Å². The Morgan fingerprint density at radius 1 is 1.19 bits per heavy atom. The fourth-order valence-corrected chi connectivity index (χ4v) is 3.23. The summed E-state index contributed by atoms with van der Waals surface area (Å²) >= 11 is 0. The van der Waals surface area contributed by atoms with E-state index in [-0.39, 0.29) is 6.04 Å². The van der Waals surface area contributed by atoms with Crippen molar-refractivity contribution < 1.29 is 4.52 Å². The van der Waals surface area contributed by atoms with E-state index in [1.54, 1.807) is 7.05 Å². The van der Waals surface area contributed by atoms with E-state index in [0.717, 1.165) is 48.9 Å². The average molecular weight is 361 g/mol. The summed E-state index contributed by atoms with van der Waals surface area (Å²) < 4.78 is 7.16. The maximum atomic E-state index is 5.21. The highest BCUT2D eigenvalue weighted by molar-refractivity contribution is 5.79. The summed E-state index contributed by atoms with van der Waals surface area (Å²) in [6, 6.07) is 0.269. The van der Waals surface area contributed by atoms with Crippen molar-refractivity contribution in [3.05, 3.63) is 34.0 Å². The summed E-state index contributed by atoms with van der Waals surface area (Å²) in [4.78, 5) is 4.33. The molecule has 1 atom stereocenters. The number of aryl methyl sites for hydroxylation is 4. The second kappa shape index (κ2) is 8.87. The fourth-order valence-electron chi connectivity index (χ4n) is 3.23. The molecule has 0 spiro atoms. The largest absolute Gasteiger partial charge is 0.361 e. The molecule has 0 radical (unpaired) electrons. The SMILES string of the molecule is CN=C(NCCCc1c(C)noc1C)NC(C)Cc1c(C)nn(C)c1C. The number of nitrogens with zero attached hydrogens (tertiary/aromatic N) is 4. The molecule has 0 saturated heterocycles. The molecule has 2 aromatic rings. The third-order valence-corrected chi connectivity index (χ3v) is 4.85. The molecular weight excluding hydrogens is 328 g/mol. The predicted molar refractivity (Wildman–Crippen MR) is 105 cm³/mol. The zero-order valence-electron chi connectivity index (χ0n) is 17.1. The third-order valence-electron chi connectivity index (χ3n) is 4.85. The molecular formula is C19H32N6O. The summed E-state index contributed by atoms with van der Waals surface area (Å²) in [5, 5.41) is 15.4. The smallest absolute Gasteiger partial charge is 0.191 e. The summed E-state index contributed by atoms with van der Waals surface area (Å²) in [6.45, 7) is 11.2. The van der Waals surface area contributed by atoms with E-state index in [9.17, 15) is 0 Å². The first-order chi connectivity index (χ1) is 12.3. The van der Waals surface area contributed by atoms with Gasteiger partial charge in [-0.25, -0.2) is 0 Å². The van der Waals surface area contributed by atoms with Gasteiger partial charge in [-0.2, -0.15) is 5.10 Å². The van der Waals surface area contributed by atoms with Gasteiger partial charge in [-0.3, -0.25) is 9.67 Å². The van der Waals surface area contributed by atoms with E-state index in [1.807, 2.05) is 25.6 Å². The first-order valence-corrected chi connectivity index (χ1v) is 9.21. The standard InChI is InChI=1S/C19H32N6O/c1-12(11-18-13(2)23-25(7)15(18)4)22-19(20-6)21-10-8-9-17-14(3)24-26-16(17)5/h12H,8-11H2,1-7H3,(H2,20,21,22). The predicted octanol–water partition coefficient (Wildman–Crippen LogP) is 2.37. The molecule has 0 saturated carbocycles. The van der Waals surface area contributed by atoms with Crippen molar-refractivity contribution in [1.29, 1.82) is 0 Å². The van der Waals surface area contributed by atoms with E-state index in [2.05, 4.69) is 46.7 Å². The van der Waals surface area contributed by atoms with Gasteiger partial charge < -0.3 is 15.2 Å². The molecule has 2 N–H and O–H groups in total. The van der Waals surface area contributed by atoms with Crippen LogP contribution in [0.25, 0.3) is 0 Å². The summed E-state index contributed by atoms with van der Waals surface area (Å²) in [6.07, 6.45) is 2.87. The van der Waals surface area contributed by atoms with Crippen LogP contribution in [0.3, 0.4) is 0 Å². The maximum absolute atomic E-state index is 5.21. The maximum Gasteiger partial charge on any atom is 0.191 e. The Balaban J connectivity index is 1.80. The Morgan fingerprint density at radius 3 is 2.46 bits per heavy atom. The van der Waals surface area contributed by atoms with Crippen LogP contribution in [-0.2, 0) is 19.9 Å². The van der Waals surface area contributed by atoms with Gasteiger partial charge in [0, 0.05) is 37.9 Å². The molecule has 26 heavy (non-hydrogen) atoms. The Hall–Kier alpha value is -2.31. The molecule has 0 bridgehead atoms. The van der Waals surface area contributed by atoms with Crippen molar-refractivity contribution in [1.82, 2.24) is 25.6 Å². The van der Waals surface area contributed by atoms with Crippen LogP contribution in [0, 0.1) is 27.7 Å². The quantitative estimate of drug-likeness (QED) is 0.450. The Labute approximate surface area is 156 Å². The van der Waals surface area contributed by atoms with Gasteiger partial charge in [-0.05, 0) is 59.4 Å². The zero-order valence-corrected chi connectivity index (χ0v) is 17.1. The topological polar surface area (TPSA) is 80.3 Å². The average Bonchev–Trinajstić information content (AvgIpc) is 3.04. The first kappa shape index (κ1) is 20.0. The van der Waals surface area contributed by atoms with Crippen LogP contribution in [0.15, 0.2) is 9.52 Å². The molecule has 2 aromatic heterocycles. The molecule has 2 heterocycles. The molecule has 0 amide bonds. The lowest BCUT2D eigenvalue weighted by Gasteiger charge is -2.18. The van der Waals surface area contributed by atoms with Gasteiger partial charge in [-0.15, -0.1) is 0 Å². The summed E-state index contributed by atoms with van der Waals surface area (Å²) in [5.74, 6) is 1.75. The fraction of sp³-hybridized carbons (Fsp3) is 0.632. The van der Waals surface area contributed by atoms with Crippen LogP contribution in [0.1, 0.15) is 47.3 Å². The first-order valence-electron chi connectivity index (χ1n) is 9.21. The van der Waals surface area contributed by atoms with Gasteiger partial charge >= 0.3 is 0 Å². The van der Waals surface area contributed by atoms with Crippen LogP contribution >= 0.6 is 0 Å². The van der Waals surface area contributed by atoms with Crippen molar-refractivity contribution in [2.75, 3.05) is 13.6 Å². The number of hydrogen-bond donors (Lipinski definition) is 2. The number of aromatic nitrogens is 3. The lowest BCUT2D eigenvalue weighted by molar-refractivity contribution is 0.392. The zero-order chi connectivity index (χ0) is 19.3. The van der Waals surface area contributed by atoms with Crippen molar-refractivity contribution in [2.45, 2.75) is 59.9 Å².